The third kappa shape index (κ3) is 4.86. The fraction of sp³-hybridized carbons (Fsp3) is 0.214. The molecular weight excluding hydrogens is 431 g/mol. The molecule has 0 atom stereocenters. The molecule has 5 nitrogen and oxygen atoms in total. The van der Waals surface area contributed by atoms with Crippen LogP contribution in [-0.4, -0.2) is 29.9 Å². The summed E-state index contributed by atoms with van der Waals surface area (Å²) in [6.07, 6.45) is 0.439. The number of carbonyl (C=O) groups excluding carboxylic acids is 2. The molecule has 1 aliphatic heterocycles. The van der Waals surface area contributed by atoms with Crippen LogP contribution in [0.3, 0.4) is 0 Å². The SMILES string of the molecule is CCOc1ccc(NC2=C(c3ccc(C)c(C)c3)C(=O)N(CCc3ccc(F)cc3)C2=O)cc1. The number of nitrogens with one attached hydrogen (secondary N) is 1. The molecule has 0 saturated carbocycles. The summed E-state index contributed by atoms with van der Waals surface area (Å²) in [6.45, 7) is 6.66. The number of hydrogen-bond donors (Lipinski definition) is 1. The van der Waals surface area contributed by atoms with Gasteiger partial charge in [0.2, 0.25) is 0 Å². The van der Waals surface area contributed by atoms with E-state index in [4.69, 9.17) is 4.74 Å². The van der Waals surface area contributed by atoms with Crippen LogP contribution in [0.5, 0.6) is 5.75 Å². The summed E-state index contributed by atoms with van der Waals surface area (Å²) in [5, 5.41) is 3.17. The van der Waals surface area contributed by atoms with Crippen molar-refractivity contribution in [2.24, 2.45) is 0 Å². The summed E-state index contributed by atoms with van der Waals surface area (Å²) in [5.74, 6) is -0.318. The van der Waals surface area contributed by atoms with Gasteiger partial charge < -0.3 is 10.1 Å². The molecule has 0 radical (unpaired) electrons. The van der Waals surface area contributed by atoms with E-state index in [1.807, 2.05) is 63.2 Å². The van der Waals surface area contributed by atoms with Crippen LogP contribution in [0.1, 0.15) is 29.2 Å². The minimum atomic E-state index is -0.380. The van der Waals surface area contributed by atoms with E-state index in [1.54, 1.807) is 12.1 Å². The Balaban J connectivity index is 1.65. The number of carbonyl (C=O) groups is 2. The van der Waals surface area contributed by atoms with Crippen LogP contribution in [0.2, 0.25) is 0 Å². The molecule has 0 bridgehead atoms. The van der Waals surface area contributed by atoms with E-state index in [2.05, 4.69) is 5.32 Å². The molecule has 3 aromatic carbocycles. The van der Waals surface area contributed by atoms with Gasteiger partial charge in [-0.3, -0.25) is 14.5 Å². The Bertz CT molecular complexity index is 1250. The quantitative estimate of drug-likeness (QED) is 0.467. The average molecular weight is 459 g/mol. The maximum Gasteiger partial charge on any atom is 0.278 e. The van der Waals surface area contributed by atoms with Gasteiger partial charge in [0.1, 0.15) is 17.3 Å². The molecule has 0 fully saturated rings. The zero-order valence-electron chi connectivity index (χ0n) is 19.5. The third-order valence-corrected chi connectivity index (χ3v) is 5.94. The number of aryl methyl sites for hydroxylation is 2. The summed E-state index contributed by atoms with van der Waals surface area (Å²) in [6, 6.07) is 19.1. The molecule has 0 unspecified atom stereocenters. The topological polar surface area (TPSA) is 58.6 Å². The maximum atomic E-state index is 13.5. The van der Waals surface area contributed by atoms with Crippen molar-refractivity contribution in [2.75, 3.05) is 18.5 Å². The molecule has 1 aliphatic rings. The van der Waals surface area contributed by atoms with Crippen molar-refractivity contribution in [3.63, 3.8) is 0 Å². The van der Waals surface area contributed by atoms with E-state index in [-0.39, 0.29) is 29.9 Å². The molecule has 4 rings (SSSR count). The summed E-state index contributed by atoms with van der Waals surface area (Å²) < 4.78 is 18.7. The van der Waals surface area contributed by atoms with Gasteiger partial charge in [0.15, 0.2) is 0 Å². The van der Waals surface area contributed by atoms with Crippen molar-refractivity contribution in [3.8, 4) is 5.75 Å². The van der Waals surface area contributed by atoms with Crippen molar-refractivity contribution in [1.82, 2.24) is 4.90 Å². The highest BCUT2D eigenvalue weighted by Gasteiger charge is 2.39. The van der Waals surface area contributed by atoms with E-state index in [1.165, 1.54) is 17.0 Å². The first kappa shape index (κ1) is 23.2. The maximum absolute atomic E-state index is 13.5. The first-order valence-corrected chi connectivity index (χ1v) is 11.3. The largest absolute Gasteiger partial charge is 0.494 e. The number of rotatable bonds is 8. The van der Waals surface area contributed by atoms with Crippen molar-refractivity contribution in [3.05, 3.63) is 100 Å². The van der Waals surface area contributed by atoms with E-state index in [0.717, 1.165) is 22.4 Å². The standard InChI is InChI=1S/C28H27FN2O3/c1-4-34-24-13-11-23(12-14-24)30-26-25(21-8-5-18(2)19(3)17-21)27(32)31(28(26)33)16-15-20-6-9-22(29)10-7-20/h5-14,17,30H,4,15-16H2,1-3H3. The number of ether oxygens (including phenoxy) is 1. The lowest BCUT2D eigenvalue weighted by atomic mass is 9.99. The molecule has 34 heavy (non-hydrogen) atoms. The zero-order valence-corrected chi connectivity index (χ0v) is 19.5. The van der Waals surface area contributed by atoms with Gasteiger partial charge in [-0.2, -0.15) is 0 Å². The average Bonchev–Trinajstić information content (AvgIpc) is 3.06. The van der Waals surface area contributed by atoms with Crippen LogP contribution in [0.4, 0.5) is 10.1 Å². The monoisotopic (exact) mass is 458 g/mol. The van der Waals surface area contributed by atoms with Gasteiger partial charge in [0, 0.05) is 12.2 Å². The van der Waals surface area contributed by atoms with Gasteiger partial charge >= 0.3 is 0 Å². The van der Waals surface area contributed by atoms with E-state index >= 15 is 0 Å². The Morgan fingerprint density at radius 2 is 1.59 bits per heavy atom. The molecule has 0 saturated heterocycles. The Labute approximate surface area is 198 Å². The van der Waals surface area contributed by atoms with Gasteiger partial charge in [0.25, 0.3) is 11.8 Å². The van der Waals surface area contributed by atoms with Crippen LogP contribution in [-0.2, 0) is 16.0 Å². The molecule has 1 heterocycles. The molecule has 174 valence electrons. The van der Waals surface area contributed by atoms with E-state index < -0.39 is 0 Å². The zero-order chi connectivity index (χ0) is 24.2. The fourth-order valence-corrected chi connectivity index (χ4v) is 3.90. The number of hydrogen-bond acceptors (Lipinski definition) is 4. The third-order valence-electron chi connectivity index (χ3n) is 5.94. The Hall–Kier alpha value is -3.93. The number of anilines is 1. The van der Waals surface area contributed by atoms with Gasteiger partial charge in [0.05, 0.1) is 12.2 Å². The summed E-state index contributed by atoms with van der Waals surface area (Å²) in [7, 11) is 0. The molecular formula is C28H27FN2O3. The van der Waals surface area contributed by atoms with Gasteiger partial charge in [-0.25, -0.2) is 4.39 Å². The molecule has 2 amide bonds. The highest BCUT2D eigenvalue weighted by atomic mass is 19.1. The van der Waals surface area contributed by atoms with Crippen LogP contribution >= 0.6 is 0 Å². The number of imide groups is 1. The molecule has 6 heteroatoms. The lowest BCUT2D eigenvalue weighted by Crippen LogP contribution is -2.34. The summed E-state index contributed by atoms with van der Waals surface area (Å²) in [4.78, 5) is 28.1. The first-order chi connectivity index (χ1) is 16.4. The number of nitrogens with zero attached hydrogens (tertiary/aromatic N) is 1. The Morgan fingerprint density at radius 1 is 0.882 bits per heavy atom. The summed E-state index contributed by atoms with van der Waals surface area (Å²) in [5.41, 5.74) is 4.96. The number of amides is 2. The lowest BCUT2D eigenvalue weighted by molar-refractivity contribution is -0.136. The minimum absolute atomic E-state index is 0.200. The second kappa shape index (κ2) is 9.91. The lowest BCUT2D eigenvalue weighted by Gasteiger charge is -2.15. The molecule has 1 N–H and O–H groups in total. The summed E-state index contributed by atoms with van der Waals surface area (Å²) >= 11 is 0. The molecule has 3 aromatic rings. The van der Waals surface area contributed by atoms with Gasteiger partial charge in [-0.1, -0.05) is 30.3 Å². The van der Waals surface area contributed by atoms with Crippen molar-refractivity contribution >= 4 is 23.1 Å². The predicted octanol–water partition coefficient (Wildman–Crippen LogP) is 5.28. The second-order valence-corrected chi connectivity index (χ2v) is 8.27. The van der Waals surface area contributed by atoms with Crippen LogP contribution in [0.15, 0.2) is 72.4 Å². The van der Waals surface area contributed by atoms with Gasteiger partial charge in [-0.05, 0) is 85.8 Å². The molecule has 0 aliphatic carbocycles. The highest BCUT2D eigenvalue weighted by Crippen LogP contribution is 2.32. The Morgan fingerprint density at radius 3 is 2.24 bits per heavy atom. The number of benzene rings is 3. The van der Waals surface area contributed by atoms with Crippen molar-refractivity contribution in [1.29, 1.82) is 0 Å². The predicted molar refractivity (Wildman–Crippen MR) is 131 cm³/mol. The smallest absolute Gasteiger partial charge is 0.278 e. The van der Waals surface area contributed by atoms with Crippen LogP contribution in [0, 0.1) is 19.7 Å². The van der Waals surface area contributed by atoms with Crippen LogP contribution in [0.25, 0.3) is 5.57 Å². The van der Waals surface area contributed by atoms with Crippen molar-refractivity contribution in [2.45, 2.75) is 27.2 Å². The fourth-order valence-electron chi connectivity index (χ4n) is 3.90. The normalized spacial score (nSPS) is 13.6. The van der Waals surface area contributed by atoms with E-state index in [9.17, 15) is 14.0 Å². The van der Waals surface area contributed by atoms with Crippen LogP contribution < -0.4 is 10.1 Å². The molecule has 0 aromatic heterocycles. The highest BCUT2D eigenvalue weighted by molar-refractivity contribution is 6.36. The van der Waals surface area contributed by atoms with Gasteiger partial charge in [-0.15, -0.1) is 0 Å². The molecule has 0 spiro atoms. The minimum Gasteiger partial charge on any atom is -0.494 e. The first-order valence-electron chi connectivity index (χ1n) is 11.3. The van der Waals surface area contributed by atoms with E-state index in [0.29, 0.717) is 29.9 Å². The number of halogens is 1. The Kier molecular flexibility index (Phi) is 6.77. The van der Waals surface area contributed by atoms with Crippen molar-refractivity contribution < 1.29 is 18.7 Å². The second-order valence-electron chi connectivity index (χ2n) is 8.27.